The summed E-state index contributed by atoms with van der Waals surface area (Å²) in [6.07, 6.45) is 3.50. The molecule has 1 aromatic rings. The van der Waals surface area contributed by atoms with Gasteiger partial charge in [-0.2, -0.15) is 0 Å². The molecule has 2 heteroatoms. The Hall–Kier alpha value is -0.370. The molecular weight excluding hydrogens is 243 g/mol. The molecule has 1 saturated carbocycles. The molecule has 0 aliphatic heterocycles. The molecule has 76 valence electrons. The molecule has 0 bridgehead atoms. The molecule has 0 spiro atoms. The van der Waals surface area contributed by atoms with E-state index in [0.717, 1.165) is 12.0 Å². The van der Waals surface area contributed by atoms with Gasteiger partial charge in [-0.1, -0.05) is 35.0 Å². The average molecular weight is 257 g/mol. The highest BCUT2D eigenvalue weighted by atomic mass is 79.9. The molecule has 1 atom stereocenters. The van der Waals surface area contributed by atoms with E-state index in [2.05, 4.69) is 22.9 Å². The Labute approximate surface area is 92.6 Å². The van der Waals surface area contributed by atoms with Gasteiger partial charge in [0.15, 0.2) is 0 Å². The lowest BCUT2D eigenvalue weighted by atomic mass is 9.99. The lowest BCUT2D eigenvalue weighted by Gasteiger charge is -2.16. The molecule has 0 amide bonds. The van der Waals surface area contributed by atoms with Crippen molar-refractivity contribution in [3.8, 4) is 0 Å². The van der Waals surface area contributed by atoms with Crippen molar-refractivity contribution in [2.75, 3.05) is 0 Å². The van der Waals surface area contributed by atoms with Crippen molar-refractivity contribution in [1.82, 2.24) is 0 Å². The fraction of sp³-hybridized carbons (Fsp3) is 0.500. The Morgan fingerprint density at radius 1 is 1.50 bits per heavy atom. The summed E-state index contributed by atoms with van der Waals surface area (Å²) in [5.41, 5.74) is 1.53. The van der Waals surface area contributed by atoms with E-state index in [9.17, 15) is 4.39 Å². The fourth-order valence-electron chi connectivity index (χ4n) is 1.63. The van der Waals surface area contributed by atoms with Crippen LogP contribution in [0.1, 0.15) is 25.3 Å². The highest BCUT2D eigenvalue weighted by Crippen LogP contribution is 2.51. The van der Waals surface area contributed by atoms with Crippen molar-refractivity contribution in [3.05, 3.63) is 35.6 Å². The van der Waals surface area contributed by atoms with Crippen LogP contribution in [0.2, 0.25) is 0 Å². The Morgan fingerprint density at radius 2 is 2.21 bits per heavy atom. The topological polar surface area (TPSA) is 0 Å². The SMILES string of the molecule is CC1(C(Br)Cc2cccc(F)c2)CC1. The van der Waals surface area contributed by atoms with E-state index >= 15 is 0 Å². The minimum absolute atomic E-state index is 0.136. The summed E-state index contributed by atoms with van der Waals surface area (Å²) < 4.78 is 12.9. The largest absolute Gasteiger partial charge is 0.207 e. The average Bonchev–Trinajstić information content (AvgIpc) is 2.85. The molecule has 1 unspecified atom stereocenters. The maximum Gasteiger partial charge on any atom is 0.123 e. The molecule has 0 aromatic heterocycles. The molecule has 1 aliphatic rings. The zero-order valence-corrected chi connectivity index (χ0v) is 9.85. The standard InChI is InChI=1S/C12H14BrF/c1-12(5-6-12)11(13)8-9-3-2-4-10(14)7-9/h2-4,7,11H,5-6,8H2,1H3. The number of hydrogen-bond acceptors (Lipinski definition) is 0. The van der Waals surface area contributed by atoms with Crippen molar-refractivity contribution in [2.45, 2.75) is 31.0 Å². The summed E-state index contributed by atoms with van der Waals surface area (Å²) in [5, 5.41) is 0. The zero-order chi connectivity index (χ0) is 10.2. The molecule has 0 saturated heterocycles. The maximum absolute atomic E-state index is 12.9. The van der Waals surface area contributed by atoms with E-state index in [4.69, 9.17) is 0 Å². The van der Waals surface area contributed by atoms with E-state index in [1.54, 1.807) is 12.1 Å². The van der Waals surface area contributed by atoms with Crippen LogP contribution in [0.5, 0.6) is 0 Å². The number of hydrogen-bond donors (Lipinski definition) is 0. The molecular formula is C12H14BrF. The summed E-state index contributed by atoms with van der Waals surface area (Å²) in [5.74, 6) is -0.136. The smallest absolute Gasteiger partial charge is 0.123 e. The van der Waals surface area contributed by atoms with Crippen molar-refractivity contribution >= 4 is 15.9 Å². The van der Waals surface area contributed by atoms with Gasteiger partial charge in [0.2, 0.25) is 0 Å². The molecule has 2 rings (SSSR count). The number of alkyl halides is 1. The van der Waals surface area contributed by atoms with Gasteiger partial charge in [0, 0.05) is 4.83 Å². The molecule has 1 fully saturated rings. The van der Waals surface area contributed by atoms with Gasteiger partial charge in [0.1, 0.15) is 5.82 Å². The van der Waals surface area contributed by atoms with Gasteiger partial charge in [0.05, 0.1) is 0 Å². The second kappa shape index (κ2) is 3.65. The third-order valence-corrected chi connectivity index (χ3v) is 4.53. The minimum Gasteiger partial charge on any atom is -0.207 e. The highest BCUT2D eigenvalue weighted by molar-refractivity contribution is 9.09. The third kappa shape index (κ3) is 2.17. The highest BCUT2D eigenvalue weighted by Gasteiger charge is 2.43. The number of halogens is 2. The normalized spacial score (nSPS) is 20.5. The molecule has 1 aromatic carbocycles. The Kier molecular flexibility index (Phi) is 2.65. The summed E-state index contributed by atoms with van der Waals surface area (Å²) in [7, 11) is 0. The summed E-state index contributed by atoms with van der Waals surface area (Å²) in [6.45, 7) is 2.28. The predicted octanol–water partition coefficient (Wildman–Crippen LogP) is 3.93. The molecule has 0 N–H and O–H groups in total. The minimum atomic E-state index is -0.136. The van der Waals surface area contributed by atoms with Gasteiger partial charge in [-0.3, -0.25) is 0 Å². The van der Waals surface area contributed by atoms with Crippen LogP contribution >= 0.6 is 15.9 Å². The first-order valence-electron chi connectivity index (χ1n) is 4.99. The van der Waals surface area contributed by atoms with Crippen LogP contribution in [0.4, 0.5) is 4.39 Å². The van der Waals surface area contributed by atoms with Gasteiger partial charge in [0.25, 0.3) is 0 Å². The van der Waals surface area contributed by atoms with Crippen LogP contribution in [0.25, 0.3) is 0 Å². The Morgan fingerprint density at radius 3 is 2.79 bits per heavy atom. The Balaban J connectivity index is 2.03. The summed E-state index contributed by atoms with van der Waals surface area (Å²) in [4.78, 5) is 0.483. The van der Waals surface area contributed by atoms with E-state index in [0.29, 0.717) is 10.2 Å². The Bertz CT molecular complexity index is 331. The molecule has 1 aliphatic carbocycles. The zero-order valence-electron chi connectivity index (χ0n) is 8.26. The van der Waals surface area contributed by atoms with Crippen molar-refractivity contribution < 1.29 is 4.39 Å². The monoisotopic (exact) mass is 256 g/mol. The first-order valence-corrected chi connectivity index (χ1v) is 5.90. The van der Waals surface area contributed by atoms with Gasteiger partial charge in [-0.25, -0.2) is 4.39 Å². The van der Waals surface area contributed by atoms with E-state index < -0.39 is 0 Å². The number of rotatable bonds is 3. The van der Waals surface area contributed by atoms with Crippen molar-refractivity contribution in [2.24, 2.45) is 5.41 Å². The predicted molar refractivity (Wildman–Crippen MR) is 60.2 cm³/mol. The fourth-order valence-corrected chi connectivity index (χ4v) is 2.46. The second-order valence-electron chi connectivity index (χ2n) is 4.46. The van der Waals surface area contributed by atoms with Crippen LogP contribution in [0.15, 0.2) is 24.3 Å². The van der Waals surface area contributed by atoms with E-state index in [1.807, 2.05) is 6.07 Å². The van der Waals surface area contributed by atoms with Gasteiger partial charge in [-0.05, 0) is 42.4 Å². The molecule has 0 nitrogen and oxygen atoms in total. The van der Waals surface area contributed by atoms with Gasteiger partial charge < -0.3 is 0 Å². The lowest BCUT2D eigenvalue weighted by Crippen LogP contribution is -2.14. The summed E-state index contributed by atoms with van der Waals surface area (Å²) >= 11 is 3.70. The van der Waals surface area contributed by atoms with Crippen molar-refractivity contribution in [3.63, 3.8) is 0 Å². The number of benzene rings is 1. The van der Waals surface area contributed by atoms with Crippen LogP contribution in [-0.2, 0) is 6.42 Å². The second-order valence-corrected chi connectivity index (χ2v) is 5.56. The first-order chi connectivity index (χ1) is 6.60. The van der Waals surface area contributed by atoms with Crippen LogP contribution in [-0.4, -0.2) is 4.83 Å². The quantitative estimate of drug-likeness (QED) is 0.719. The summed E-state index contributed by atoms with van der Waals surface area (Å²) in [6, 6.07) is 6.88. The molecule has 0 heterocycles. The van der Waals surface area contributed by atoms with Crippen LogP contribution in [0, 0.1) is 11.2 Å². The van der Waals surface area contributed by atoms with Gasteiger partial charge >= 0.3 is 0 Å². The van der Waals surface area contributed by atoms with Crippen molar-refractivity contribution in [1.29, 1.82) is 0 Å². The van der Waals surface area contributed by atoms with Gasteiger partial charge in [-0.15, -0.1) is 0 Å². The van der Waals surface area contributed by atoms with E-state index in [1.165, 1.54) is 18.9 Å². The third-order valence-electron chi connectivity index (χ3n) is 3.10. The molecule has 14 heavy (non-hydrogen) atoms. The van der Waals surface area contributed by atoms with Crippen LogP contribution < -0.4 is 0 Å². The first kappa shape index (κ1) is 10.2. The lowest BCUT2D eigenvalue weighted by molar-refractivity contribution is 0.541. The maximum atomic E-state index is 12.9. The molecule has 0 radical (unpaired) electrons. The van der Waals surface area contributed by atoms with Crippen LogP contribution in [0.3, 0.4) is 0 Å². The van der Waals surface area contributed by atoms with E-state index in [-0.39, 0.29) is 5.82 Å².